The third kappa shape index (κ3) is 2.01. The van der Waals surface area contributed by atoms with E-state index in [0.29, 0.717) is 17.9 Å². The molecule has 2 aliphatic rings. The normalized spacial score (nSPS) is 30.4. The summed E-state index contributed by atoms with van der Waals surface area (Å²) >= 11 is 0. The smallest absolute Gasteiger partial charge is 0.187 e. The van der Waals surface area contributed by atoms with Crippen molar-refractivity contribution in [3.05, 3.63) is 22.9 Å². The molecule has 0 spiro atoms. The third-order valence-electron chi connectivity index (χ3n) is 5.16. The average molecular weight is 280 g/mol. The van der Waals surface area contributed by atoms with Crippen LogP contribution < -0.4 is 5.73 Å². The van der Waals surface area contributed by atoms with E-state index in [9.17, 15) is 15.8 Å². The van der Waals surface area contributed by atoms with Crippen LogP contribution in [0, 0.1) is 57.2 Å². The van der Waals surface area contributed by atoms with Gasteiger partial charge >= 0.3 is 0 Å². The first-order valence-corrected chi connectivity index (χ1v) is 7.52. The Labute approximate surface area is 126 Å². The highest BCUT2D eigenvalue weighted by atomic mass is 14.7. The summed E-state index contributed by atoms with van der Waals surface area (Å²) < 4.78 is 0. The van der Waals surface area contributed by atoms with Crippen molar-refractivity contribution in [2.75, 3.05) is 0 Å². The van der Waals surface area contributed by atoms with E-state index < -0.39 is 5.41 Å². The Bertz CT molecular complexity index is 607. The molecule has 0 saturated carbocycles. The zero-order valence-electron chi connectivity index (χ0n) is 12.6. The van der Waals surface area contributed by atoms with E-state index in [1.165, 1.54) is 0 Å². The largest absolute Gasteiger partial charge is 0.399 e. The van der Waals surface area contributed by atoms with Crippen molar-refractivity contribution in [1.29, 1.82) is 15.8 Å². The molecule has 0 unspecified atom stereocenters. The van der Waals surface area contributed by atoms with Crippen LogP contribution in [0.25, 0.3) is 0 Å². The molecule has 21 heavy (non-hydrogen) atoms. The second-order valence-corrected chi connectivity index (χ2v) is 5.96. The van der Waals surface area contributed by atoms with Crippen LogP contribution in [-0.4, -0.2) is 0 Å². The van der Waals surface area contributed by atoms with Gasteiger partial charge < -0.3 is 5.73 Å². The summed E-state index contributed by atoms with van der Waals surface area (Å²) in [5.74, 6) is 0.516. The lowest BCUT2D eigenvalue weighted by atomic mass is 9.56. The fourth-order valence-electron chi connectivity index (χ4n) is 3.91. The number of allylic oxidation sites excluding steroid dienone is 4. The highest BCUT2D eigenvalue weighted by Gasteiger charge is 2.52. The standard InChI is InChI=1S/C17H20N4/c1-3-11-5-6-12-13(7-11)15(4-2)17(9-19,10-20)16(21)14(12)8-18/h6,11,13,15H,3-5,7,21H2,1-2H3/t11-,13-,15+/m1/s1. The fraction of sp³-hybridized carbons (Fsp3) is 0.588. The lowest BCUT2D eigenvalue weighted by Crippen LogP contribution is -2.44. The molecule has 2 rings (SSSR count). The Morgan fingerprint density at radius 2 is 1.90 bits per heavy atom. The summed E-state index contributed by atoms with van der Waals surface area (Å²) in [6.45, 7) is 4.15. The van der Waals surface area contributed by atoms with Crippen molar-refractivity contribution in [2.45, 2.75) is 39.5 Å². The van der Waals surface area contributed by atoms with Gasteiger partial charge in [0.15, 0.2) is 5.41 Å². The van der Waals surface area contributed by atoms with Gasteiger partial charge in [0.05, 0.1) is 23.4 Å². The van der Waals surface area contributed by atoms with E-state index in [-0.39, 0.29) is 17.5 Å². The van der Waals surface area contributed by atoms with E-state index in [1.54, 1.807) is 0 Å². The molecule has 0 radical (unpaired) electrons. The molecule has 3 atom stereocenters. The van der Waals surface area contributed by atoms with Gasteiger partial charge in [0.25, 0.3) is 0 Å². The van der Waals surface area contributed by atoms with E-state index in [1.807, 2.05) is 6.92 Å². The van der Waals surface area contributed by atoms with Crippen LogP contribution in [-0.2, 0) is 0 Å². The number of hydrogen-bond donors (Lipinski definition) is 1. The molecule has 108 valence electrons. The van der Waals surface area contributed by atoms with Crippen LogP contribution in [0.3, 0.4) is 0 Å². The van der Waals surface area contributed by atoms with Crippen molar-refractivity contribution in [3.8, 4) is 18.2 Å². The van der Waals surface area contributed by atoms with Gasteiger partial charge in [-0.15, -0.1) is 0 Å². The van der Waals surface area contributed by atoms with Crippen LogP contribution >= 0.6 is 0 Å². The molecule has 0 aromatic heterocycles. The third-order valence-corrected chi connectivity index (χ3v) is 5.16. The minimum Gasteiger partial charge on any atom is -0.399 e. The summed E-state index contributed by atoms with van der Waals surface area (Å²) in [7, 11) is 0. The molecule has 2 N–H and O–H groups in total. The van der Waals surface area contributed by atoms with Gasteiger partial charge in [0.1, 0.15) is 6.07 Å². The molecule has 0 heterocycles. The van der Waals surface area contributed by atoms with Crippen molar-refractivity contribution in [3.63, 3.8) is 0 Å². The first-order chi connectivity index (χ1) is 10.1. The first kappa shape index (κ1) is 15.1. The molecule has 0 fully saturated rings. The molecule has 0 amide bonds. The molecule has 0 bridgehead atoms. The van der Waals surface area contributed by atoms with Gasteiger partial charge in [0.2, 0.25) is 0 Å². The van der Waals surface area contributed by atoms with Crippen LogP contribution in [0.4, 0.5) is 0 Å². The second kappa shape index (κ2) is 5.63. The summed E-state index contributed by atoms with van der Waals surface area (Å²) in [4.78, 5) is 0. The predicted octanol–water partition coefficient (Wildman–Crippen LogP) is 3.16. The fourth-order valence-corrected chi connectivity index (χ4v) is 3.91. The number of hydrogen-bond acceptors (Lipinski definition) is 4. The Balaban J connectivity index is 2.68. The summed E-state index contributed by atoms with van der Waals surface area (Å²) in [5.41, 5.74) is 6.22. The molecular formula is C17H20N4. The lowest BCUT2D eigenvalue weighted by molar-refractivity contribution is 0.200. The van der Waals surface area contributed by atoms with Crippen LogP contribution in [0.5, 0.6) is 0 Å². The molecule has 2 aliphatic carbocycles. The molecule has 0 aliphatic heterocycles. The number of nitriles is 3. The molecule has 4 heteroatoms. The maximum Gasteiger partial charge on any atom is 0.187 e. The number of nitrogens with two attached hydrogens (primary N) is 1. The Morgan fingerprint density at radius 3 is 2.38 bits per heavy atom. The highest BCUT2D eigenvalue weighted by molar-refractivity contribution is 5.56. The van der Waals surface area contributed by atoms with Crippen molar-refractivity contribution >= 4 is 0 Å². The Kier molecular flexibility index (Phi) is 4.06. The topological polar surface area (TPSA) is 97.4 Å². The monoisotopic (exact) mass is 280 g/mol. The van der Waals surface area contributed by atoms with Gasteiger partial charge in [-0.3, -0.25) is 0 Å². The molecule has 0 aromatic rings. The summed E-state index contributed by atoms with van der Waals surface area (Å²) in [6, 6.07) is 6.39. The lowest BCUT2D eigenvalue weighted by Gasteiger charge is -2.44. The average Bonchev–Trinajstić information content (AvgIpc) is 2.53. The Morgan fingerprint density at radius 1 is 1.24 bits per heavy atom. The quantitative estimate of drug-likeness (QED) is 0.840. The SMILES string of the molecule is CC[C@@H]1CC=C2C(C#N)=C(N)C(C#N)(C#N)[C@@H](CC)[C@@H]2C1. The Hall–Kier alpha value is -2.25. The van der Waals surface area contributed by atoms with Crippen LogP contribution in [0.1, 0.15) is 39.5 Å². The van der Waals surface area contributed by atoms with E-state index >= 15 is 0 Å². The van der Waals surface area contributed by atoms with E-state index in [4.69, 9.17) is 5.73 Å². The number of fused-ring (bicyclic) bond motifs is 1. The second-order valence-electron chi connectivity index (χ2n) is 5.96. The number of nitrogens with zero attached hydrogens (tertiary/aromatic N) is 3. The van der Waals surface area contributed by atoms with E-state index in [0.717, 1.165) is 24.8 Å². The molecule has 0 aromatic carbocycles. The van der Waals surface area contributed by atoms with Gasteiger partial charge in [-0.25, -0.2) is 0 Å². The first-order valence-electron chi connectivity index (χ1n) is 7.52. The summed E-state index contributed by atoms with van der Waals surface area (Å²) in [6.07, 6.45) is 5.77. The van der Waals surface area contributed by atoms with Gasteiger partial charge in [-0.1, -0.05) is 26.3 Å². The summed E-state index contributed by atoms with van der Waals surface area (Å²) in [5, 5.41) is 28.7. The molecule has 4 nitrogen and oxygen atoms in total. The van der Waals surface area contributed by atoms with Crippen molar-refractivity contribution < 1.29 is 0 Å². The number of rotatable bonds is 2. The van der Waals surface area contributed by atoms with Crippen LogP contribution in [0.15, 0.2) is 22.9 Å². The zero-order valence-corrected chi connectivity index (χ0v) is 12.6. The van der Waals surface area contributed by atoms with Gasteiger partial charge in [-0.05, 0) is 36.7 Å². The zero-order chi connectivity index (χ0) is 15.6. The van der Waals surface area contributed by atoms with Crippen LogP contribution in [0.2, 0.25) is 0 Å². The maximum absolute atomic E-state index is 9.62. The highest BCUT2D eigenvalue weighted by Crippen LogP contribution is 2.53. The van der Waals surface area contributed by atoms with E-state index in [2.05, 4.69) is 31.2 Å². The van der Waals surface area contributed by atoms with Gasteiger partial charge in [0, 0.05) is 5.92 Å². The van der Waals surface area contributed by atoms with Crippen molar-refractivity contribution in [1.82, 2.24) is 0 Å². The van der Waals surface area contributed by atoms with Crippen molar-refractivity contribution in [2.24, 2.45) is 28.9 Å². The maximum atomic E-state index is 9.62. The van der Waals surface area contributed by atoms with Gasteiger partial charge in [-0.2, -0.15) is 15.8 Å². The minimum absolute atomic E-state index is 0.0925. The predicted molar refractivity (Wildman–Crippen MR) is 78.9 cm³/mol. The molecular weight excluding hydrogens is 260 g/mol. The minimum atomic E-state index is -1.36. The molecule has 0 saturated heterocycles.